The van der Waals surface area contributed by atoms with E-state index in [1.807, 2.05) is 37.5 Å². The Balaban J connectivity index is 1.50. The van der Waals surface area contributed by atoms with Crippen LogP contribution in [-0.2, 0) is 11.8 Å². The van der Waals surface area contributed by atoms with Crippen LogP contribution in [0.15, 0.2) is 42.7 Å². The number of hydrogen-bond donors (Lipinski definition) is 3. The summed E-state index contributed by atoms with van der Waals surface area (Å²) in [5.41, 5.74) is 9.18. The molecule has 4 heterocycles. The molecule has 1 fully saturated rings. The number of benzene rings is 1. The highest BCUT2D eigenvalue weighted by Crippen LogP contribution is 2.35. The smallest absolute Gasteiger partial charge is 0.320 e. The van der Waals surface area contributed by atoms with Crippen LogP contribution < -0.4 is 16.4 Å². The highest BCUT2D eigenvalue weighted by Gasteiger charge is 2.20. The Morgan fingerprint density at radius 2 is 2.06 bits per heavy atom. The summed E-state index contributed by atoms with van der Waals surface area (Å²) in [5, 5.41) is 11.4. The molecule has 11 heteroatoms. The summed E-state index contributed by atoms with van der Waals surface area (Å²) in [6.45, 7) is 1.98. The number of urea groups is 1. The van der Waals surface area contributed by atoms with Crippen molar-refractivity contribution in [2.24, 2.45) is 13.0 Å². The lowest BCUT2D eigenvalue weighted by molar-refractivity contribution is 0.0671. The minimum absolute atomic E-state index is 0.0872. The zero-order valence-corrected chi connectivity index (χ0v) is 19.9. The normalized spacial score (nSPS) is 14.2. The first kappa shape index (κ1) is 23.0. The SMILES string of the molecule is Cn1ccc(-c2nc(N)c(NC(=O)NCC3CCOCC3)nc2-c2cc(Cl)c3ncccc3c2)n1. The number of halogens is 1. The molecular weight excluding hydrogens is 468 g/mol. The quantitative estimate of drug-likeness (QED) is 0.385. The molecule has 1 saturated heterocycles. The lowest BCUT2D eigenvalue weighted by Crippen LogP contribution is -2.35. The van der Waals surface area contributed by atoms with E-state index in [4.69, 9.17) is 27.1 Å². The zero-order valence-electron chi connectivity index (χ0n) is 19.2. The molecule has 0 saturated carbocycles. The molecule has 1 aromatic carbocycles. The second-order valence-electron chi connectivity index (χ2n) is 8.45. The van der Waals surface area contributed by atoms with Gasteiger partial charge in [-0.1, -0.05) is 17.7 Å². The minimum Gasteiger partial charge on any atom is -0.381 e. The van der Waals surface area contributed by atoms with Gasteiger partial charge in [0.1, 0.15) is 17.1 Å². The molecule has 0 aliphatic carbocycles. The standard InChI is InChI=1S/C24H25ClN8O2/c1-33-8-4-18(32-33)21-20(16-11-15-3-2-7-27-19(15)17(25)12-16)30-23(22(26)29-21)31-24(34)28-13-14-5-9-35-10-6-14/h2-4,7-8,11-12,14H,5-6,9-10,13H2,1H3,(H2,26,29)(H2,28,30,31,34). The third-order valence-electron chi connectivity index (χ3n) is 5.93. The fraction of sp³-hybridized carbons (Fsp3) is 0.292. The van der Waals surface area contributed by atoms with Gasteiger partial charge >= 0.3 is 6.03 Å². The maximum atomic E-state index is 12.6. The molecule has 3 aromatic heterocycles. The average Bonchev–Trinajstić information content (AvgIpc) is 3.30. The molecule has 10 nitrogen and oxygen atoms in total. The summed E-state index contributed by atoms with van der Waals surface area (Å²) in [6.07, 6.45) is 5.34. The number of aromatic nitrogens is 5. The Bertz CT molecular complexity index is 1380. The van der Waals surface area contributed by atoms with Gasteiger partial charge in [0.2, 0.25) is 0 Å². The first-order chi connectivity index (χ1) is 17.0. The fourth-order valence-corrected chi connectivity index (χ4v) is 4.36. The third-order valence-corrected chi connectivity index (χ3v) is 6.22. The van der Waals surface area contributed by atoms with Crippen molar-refractivity contribution in [2.45, 2.75) is 12.8 Å². The lowest BCUT2D eigenvalue weighted by atomic mass is 10.0. The molecule has 35 heavy (non-hydrogen) atoms. The number of nitrogen functional groups attached to an aromatic ring is 1. The molecular formula is C24H25ClN8O2. The number of ether oxygens (including phenoxy) is 1. The second-order valence-corrected chi connectivity index (χ2v) is 8.86. The van der Waals surface area contributed by atoms with Crippen LogP contribution in [0.25, 0.3) is 33.5 Å². The highest BCUT2D eigenvalue weighted by atomic mass is 35.5. The van der Waals surface area contributed by atoms with E-state index in [2.05, 4.69) is 25.7 Å². The van der Waals surface area contributed by atoms with Crippen LogP contribution in [0.2, 0.25) is 5.02 Å². The topological polar surface area (TPSA) is 133 Å². The van der Waals surface area contributed by atoms with E-state index in [1.54, 1.807) is 16.9 Å². The number of nitrogens with one attached hydrogen (secondary N) is 2. The van der Waals surface area contributed by atoms with Crippen molar-refractivity contribution in [3.05, 3.63) is 47.7 Å². The molecule has 1 aliphatic rings. The Hall–Kier alpha value is -3.76. The van der Waals surface area contributed by atoms with Crippen molar-refractivity contribution in [3.8, 4) is 22.6 Å². The number of carbonyl (C=O) groups is 1. The predicted octanol–water partition coefficient (Wildman–Crippen LogP) is 3.88. The number of fused-ring (bicyclic) bond motifs is 1. The van der Waals surface area contributed by atoms with E-state index in [1.165, 1.54) is 0 Å². The van der Waals surface area contributed by atoms with Gasteiger partial charge in [-0.15, -0.1) is 0 Å². The minimum atomic E-state index is -0.394. The highest BCUT2D eigenvalue weighted by molar-refractivity contribution is 6.35. The fourth-order valence-electron chi connectivity index (χ4n) is 4.09. The van der Waals surface area contributed by atoms with E-state index < -0.39 is 6.03 Å². The maximum Gasteiger partial charge on any atom is 0.320 e. The van der Waals surface area contributed by atoms with Gasteiger partial charge in [-0.05, 0) is 43.0 Å². The lowest BCUT2D eigenvalue weighted by Gasteiger charge is -2.22. The molecule has 0 radical (unpaired) electrons. The van der Waals surface area contributed by atoms with Crippen molar-refractivity contribution in [2.75, 3.05) is 30.8 Å². The molecule has 4 N–H and O–H groups in total. The van der Waals surface area contributed by atoms with Gasteiger partial charge in [0.05, 0.1) is 10.5 Å². The predicted molar refractivity (Wildman–Crippen MR) is 135 cm³/mol. The number of nitrogens with zero attached hydrogens (tertiary/aromatic N) is 5. The van der Waals surface area contributed by atoms with E-state index in [0.717, 1.165) is 18.2 Å². The van der Waals surface area contributed by atoms with E-state index >= 15 is 0 Å². The van der Waals surface area contributed by atoms with Crippen molar-refractivity contribution >= 4 is 40.2 Å². The number of carbonyl (C=O) groups excluding carboxylic acids is 1. The Labute approximate surface area is 206 Å². The van der Waals surface area contributed by atoms with Crippen molar-refractivity contribution in [1.82, 2.24) is 30.0 Å². The molecule has 4 aromatic rings. The number of rotatable bonds is 5. The second kappa shape index (κ2) is 9.85. The van der Waals surface area contributed by atoms with Crippen LogP contribution in [-0.4, -0.2) is 50.5 Å². The molecule has 180 valence electrons. The third kappa shape index (κ3) is 5.03. The van der Waals surface area contributed by atoms with Crippen LogP contribution in [0.3, 0.4) is 0 Å². The van der Waals surface area contributed by atoms with Gasteiger partial charge in [-0.2, -0.15) is 5.10 Å². The summed E-state index contributed by atoms with van der Waals surface area (Å²) in [7, 11) is 1.82. The van der Waals surface area contributed by atoms with Crippen LogP contribution in [0, 0.1) is 5.92 Å². The summed E-state index contributed by atoms with van der Waals surface area (Å²) in [5.74, 6) is 0.629. The van der Waals surface area contributed by atoms with Gasteiger partial charge in [0, 0.05) is 50.1 Å². The van der Waals surface area contributed by atoms with Gasteiger partial charge < -0.3 is 15.8 Å². The molecule has 2 amide bonds. The average molecular weight is 493 g/mol. The number of aryl methyl sites for hydroxylation is 1. The first-order valence-electron chi connectivity index (χ1n) is 11.3. The van der Waals surface area contributed by atoms with Gasteiger partial charge in [0.15, 0.2) is 11.6 Å². The molecule has 0 bridgehead atoms. The number of anilines is 2. The molecule has 0 atom stereocenters. The van der Waals surface area contributed by atoms with Crippen LogP contribution >= 0.6 is 11.6 Å². The van der Waals surface area contributed by atoms with Gasteiger partial charge in [-0.25, -0.2) is 14.8 Å². The first-order valence-corrected chi connectivity index (χ1v) is 11.7. The summed E-state index contributed by atoms with van der Waals surface area (Å²) in [6, 6.07) is 8.90. The Morgan fingerprint density at radius 1 is 1.23 bits per heavy atom. The summed E-state index contributed by atoms with van der Waals surface area (Å²) < 4.78 is 7.05. The Morgan fingerprint density at radius 3 is 2.83 bits per heavy atom. The number of amides is 2. The monoisotopic (exact) mass is 492 g/mol. The largest absolute Gasteiger partial charge is 0.381 e. The van der Waals surface area contributed by atoms with Crippen LogP contribution in [0.1, 0.15) is 12.8 Å². The van der Waals surface area contributed by atoms with Crippen molar-refractivity contribution in [1.29, 1.82) is 0 Å². The van der Waals surface area contributed by atoms with Gasteiger partial charge in [-0.3, -0.25) is 15.0 Å². The zero-order chi connectivity index (χ0) is 24.4. The van der Waals surface area contributed by atoms with Crippen LogP contribution in [0.4, 0.5) is 16.4 Å². The van der Waals surface area contributed by atoms with E-state index in [-0.39, 0.29) is 11.6 Å². The van der Waals surface area contributed by atoms with Gasteiger partial charge in [0.25, 0.3) is 0 Å². The molecule has 0 unspecified atom stereocenters. The van der Waals surface area contributed by atoms with E-state index in [9.17, 15) is 4.79 Å². The number of pyridine rings is 1. The summed E-state index contributed by atoms with van der Waals surface area (Å²) in [4.78, 5) is 26.2. The molecule has 5 rings (SSSR count). The Kier molecular flexibility index (Phi) is 6.47. The van der Waals surface area contributed by atoms with Crippen molar-refractivity contribution < 1.29 is 9.53 Å². The van der Waals surface area contributed by atoms with Crippen LogP contribution in [0.5, 0.6) is 0 Å². The molecule has 0 spiro atoms. The number of hydrogen-bond acceptors (Lipinski definition) is 7. The van der Waals surface area contributed by atoms with E-state index in [0.29, 0.717) is 58.9 Å². The summed E-state index contributed by atoms with van der Waals surface area (Å²) >= 11 is 6.54. The molecule has 1 aliphatic heterocycles. The van der Waals surface area contributed by atoms with Crippen molar-refractivity contribution in [3.63, 3.8) is 0 Å². The maximum absolute atomic E-state index is 12.6. The number of nitrogens with two attached hydrogens (primary N) is 1.